The summed E-state index contributed by atoms with van der Waals surface area (Å²) in [6.07, 6.45) is -1.16. The second-order valence-electron chi connectivity index (χ2n) is 4.25. The zero-order chi connectivity index (χ0) is 14.3. The van der Waals surface area contributed by atoms with E-state index in [2.05, 4.69) is 5.32 Å². The fourth-order valence-corrected chi connectivity index (χ4v) is 1.89. The lowest BCUT2D eigenvalue weighted by molar-refractivity contribution is -0.136. The lowest BCUT2D eigenvalue weighted by Crippen LogP contribution is -2.11. The molecule has 19 heavy (non-hydrogen) atoms. The molecule has 2 N–H and O–H groups in total. The molecule has 1 aromatic carbocycles. The Balaban J connectivity index is 2.54. The molecule has 6 heteroatoms. The van der Waals surface area contributed by atoms with Crippen LogP contribution in [0.15, 0.2) is 18.2 Å². The van der Waals surface area contributed by atoms with Crippen molar-refractivity contribution in [2.75, 3.05) is 18.5 Å². The van der Waals surface area contributed by atoms with Gasteiger partial charge >= 0.3 is 6.18 Å². The summed E-state index contributed by atoms with van der Waals surface area (Å²) >= 11 is 5.59. The summed E-state index contributed by atoms with van der Waals surface area (Å²) < 4.78 is 38.3. The summed E-state index contributed by atoms with van der Waals surface area (Å²) in [5, 5.41) is 11.5. The SMILES string of the molecule is OCCCCCCNc1ccc(Cl)cc1C(F)(F)F. The molecule has 0 atom stereocenters. The first kappa shape index (κ1) is 16.1. The second kappa shape index (κ2) is 7.60. The largest absolute Gasteiger partial charge is 0.418 e. The number of benzene rings is 1. The van der Waals surface area contributed by atoms with E-state index in [0.29, 0.717) is 6.54 Å². The molecule has 0 aromatic heterocycles. The smallest absolute Gasteiger partial charge is 0.396 e. The first-order chi connectivity index (χ1) is 8.95. The summed E-state index contributed by atoms with van der Waals surface area (Å²) in [6.45, 7) is 0.624. The van der Waals surface area contributed by atoms with Gasteiger partial charge in [0.1, 0.15) is 0 Å². The van der Waals surface area contributed by atoms with Crippen molar-refractivity contribution in [2.45, 2.75) is 31.9 Å². The third-order valence-corrected chi connectivity index (χ3v) is 2.92. The Labute approximate surface area is 115 Å². The van der Waals surface area contributed by atoms with Gasteiger partial charge in [0.15, 0.2) is 0 Å². The van der Waals surface area contributed by atoms with Gasteiger partial charge in [0.2, 0.25) is 0 Å². The van der Waals surface area contributed by atoms with Crippen molar-refractivity contribution < 1.29 is 18.3 Å². The summed E-state index contributed by atoms with van der Waals surface area (Å²) in [4.78, 5) is 0. The molecule has 0 spiro atoms. The van der Waals surface area contributed by atoms with Crippen LogP contribution in [0, 0.1) is 0 Å². The summed E-state index contributed by atoms with van der Waals surface area (Å²) in [6, 6.07) is 3.71. The van der Waals surface area contributed by atoms with Crippen molar-refractivity contribution in [3.63, 3.8) is 0 Å². The molecule has 0 bridgehead atoms. The molecule has 0 radical (unpaired) electrons. The highest BCUT2D eigenvalue weighted by atomic mass is 35.5. The monoisotopic (exact) mass is 295 g/mol. The van der Waals surface area contributed by atoms with Crippen LogP contribution in [0.25, 0.3) is 0 Å². The van der Waals surface area contributed by atoms with E-state index in [0.717, 1.165) is 31.7 Å². The second-order valence-corrected chi connectivity index (χ2v) is 4.69. The summed E-state index contributed by atoms with van der Waals surface area (Å²) in [7, 11) is 0. The van der Waals surface area contributed by atoms with E-state index in [1.165, 1.54) is 12.1 Å². The van der Waals surface area contributed by atoms with Crippen LogP contribution in [0.3, 0.4) is 0 Å². The molecule has 1 aromatic rings. The molecular weight excluding hydrogens is 279 g/mol. The quantitative estimate of drug-likeness (QED) is 0.734. The number of aliphatic hydroxyl groups is 1. The van der Waals surface area contributed by atoms with Gasteiger partial charge in [-0.15, -0.1) is 0 Å². The number of alkyl halides is 3. The van der Waals surface area contributed by atoms with Gasteiger partial charge in [0, 0.05) is 23.9 Å². The molecule has 0 unspecified atom stereocenters. The molecular formula is C13H17ClF3NO. The molecule has 1 rings (SSSR count). The highest BCUT2D eigenvalue weighted by Gasteiger charge is 2.33. The predicted molar refractivity (Wildman–Crippen MR) is 70.5 cm³/mol. The minimum atomic E-state index is -4.41. The van der Waals surface area contributed by atoms with Crippen LogP contribution in [0.1, 0.15) is 31.2 Å². The van der Waals surface area contributed by atoms with Crippen LogP contribution in [0.2, 0.25) is 5.02 Å². The Morgan fingerprint density at radius 3 is 2.42 bits per heavy atom. The highest BCUT2D eigenvalue weighted by molar-refractivity contribution is 6.30. The fraction of sp³-hybridized carbons (Fsp3) is 0.538. The fourth-order valence-electron chi connectivity index (χ4n) is 1.72. The molecule has 108 valence electrons. The molecule has 2 nitrogen and oxygen atoms in total. The molecule has 0 aliphatic heterocycles. The van der Waals surface area contributed by atoms with Crippen molar-refractivity contribution in [1.29, 1.82) is 0 Å². The van der Waals surface area contributed by atoms with Crippen LogP contribution in [0.4, 0.5) is 18.9 Å². The number of rotatable bonds is 7. The number of nitrogens with one attached hydrogen (secondary N) is 1. The first-order valence-electron chi connectivity index (χ1n) is 6.16. The van der Waals surface area contributed by atoms with E-state index < -0.39 is 11.7 Å². The Morgan fingerprint density at radius 1 is 1.11 bits per heavy atom. The van der Waals surface area contributed by atoms with Crippen LogP contribution in [-0.4, -0.2) is 18.3 Å². The van der Waals surface area contributed by atoms with Gasteiger partial charge < -0.3 is 10.4 Å². The van der Waals surface area contributed by atoms with Gasteiger partial charge in [-0.2, -0.15) is 13.2 Å². The number of aliphatic hydroxyl groups excluding tert-OH is 1. The van der Waals surface area contributed by atoms with Crippen molar-refractivity contribution in [1.82, 2.24) is 0 Å². The maximum absolute atomic E-state index is 12.8. The summed E-state index contributed by atoms with van der Waals surface area (Å²) in [5.41, 5.74) is -0.686. The van der Waals surface area contributed by atoms with Crippen molar-refractivity contribution >= 4 is 17.3 Å². The average Bonchev–Trinajstić information content (AvgIpc) is 2.34. The number of halogens is 4. The number of anilines is 1. The third kappa shape index (κ3) is 5.70. The molecule has 0 heterocycles. The number of unbranched alkanes of at least 4 members (excludes halogenated alkanes) is 3. The molecule has 0 aliphatic carbocycles. The maximum Gasteiger partial charge on any atom is 0.418 e. The van der Waals surface area contributed by atoms with Gasteiger partial charge in [-0.05, 0) is 31.0 Å². The van der Waals surface area contributed by atoms with Crippen LogP contribution in [-0.2, 0) is 6.18 Å². The Bertz CT molecular complexity index is 396. The predicted octanol–water partition coefficient (Wildman–Crippen LogP) is 4.32. The zero-order valence-electron chi connectivity index (χ0n) is 10.4. The van der Waals surface area contributed by atoms with Crippen LogP contribution >= 0.6 is 11.6 Å². The molecule has 0 aliphatic rings. The lowest BCUT2D eigenvalue weighted by atomic mass is 10.1. The molecule has 0 fully saturated rings. The minimum Gasteiger partial charge on any atom is -0.396 e. The Hall–Kier alpha value is -0.940. The number of hydrogen-bond acceptors (Lipinski definition) is 2. The van der Waals surface area contributed by atoms with E-state index in [9.17, 15) is 13.2 Å². The highest BCUT2D eigenvalue weighted by Crippen LogP contribution is 2.36. The van der Waals surface area contributed by atoms with Crippen molar-refractivity contribution in [3.05, 3.63) is 28.8 Å². The average molecular weight is 296 g/mol. The van der Waals surface area contributed by atoms with Crippen LogP contribution < -0.4 is 5.32 Å². The Morgan fingerprint density at radius 2 is 1.79 bits per heavy atom. The Kier molecular flexibility index (Phi) is 6.45. The number of hydrogen-bond donors (Lipinski definition) is 2. The molecule has 0 amide bonds. The van der Waals surface area contributed by atoms with E-state index in [1.807, 2.05) is 0 Å². The van der Waals surface area contributed by atoms with Gasteiger partial charge in [0.05, 0.1) is 5.56 Å². The van der Waals surface area contributed by atoms with Gasteiger partial charge in [0.25, 0.3) is 0 Å². The van der Waals surface area contributed by atoms with E-state index in [1.54, 1.807) is 0 Å². The van der Waals surface area contributed by atoms with Gasteiger partial charge in [-0.3, -0.25) is 0 Å². The van der Waals surface area contributed by atoms with Crippen molar-refractivity contribution in [3.8, 4) is 0 Å². The standard InChI is InChI=1S/C13H17ClF3NO/c14-10-5-6-12(11(9-10)13(15,16)17)18-7-3-1-2-4-8-19/h5-6,9,18-19H,1-4,7-8H2. The van der Waals surface area contributed by atoms with E-state index >= 15 is 0 Å². The molecule has 0 saturated carbocycles. The lowest BCUT2D eigenvalue weighted by Gasteiger charge is -2.14. The minimum absolute atomic E-state index is 0.0547. The van der Waals surface area contributed by atoms with Crippen molar-refractivity contribution in [2.24, 2.45) is 0 Å². The topological polar surface area (TPSA) is 32.3 Å². The maximum atomic E-state index is 12.8. The first-order valence-corrected chi connectivity index (χ1v) is 6.54. The normalized spacial score (nSPS) is 11.6. The summed E-state index contributed by atoms with van der Waals surface area (Å²) in [5.74, 6) is 0. The van der Waals surface area contributed by atoms with Crippen LogP contribution in [0.5, 0.6) is 0 Å². The van der Waals surface area contributed by atoms with E-state index in [4.69, 9.17) is 16.7 Å². The van der Waals surface area contributed by atoms with Gasteiger partial charge in [-0.25, -0.2) is 0 Å². The zero-order valence-corrected chi connectivity index (χ0v) is 11.2. The molecule has 0 saturated heterocycles. The third-order valence-electron chi connectivity index (χ3n) is 2.69. The van der Waals surface area contributed by atoms with Gasteiger partial charge in [-0.1, -0.05) is 24.4 Å². The van der Waals surface area contributed by atoms with E-state index in [-0.39, 0.29) is 17.3 Å².